The van der Waals surface area contributed by atoms with Crippen molar-refractivity contribution in [1.82, 2.24) is 5.32 Å². The molecule has 0 bridgehead atoms. The molecule has 0 radical (unpaired) electrons. The smallest absolute Gasteiger partial charge is 0.262 e. The van der Waals surface area contributed by atoms with Crippen LogP contribution in [0, 0.1) is 28.4 Å². The van der Waals surface area contributed by atoms with Crippen molar-refractivity contribution >= 4 is 11.9 Å². The molecule has 0 unspecified atom stereocenters. The van der Waals surface area contributed by atoms with Gasteiger partial charge in [0, 0.05) is 11.6 Å². The van der Waals surface area contributed by atoms with Crippen molar-refractivity contribution < 1.29 is 18.7 Å². The van der Waals surface area contributed by atoms with Crippen molar-refractivity contribution in [1.29, 1.82) is 10.7 Å². The zero-order valence-corrected chi connectivity index (χ0v) is 11.5. The average molecular weight is 316 g/mol. The second-order valence-electron chi connectivity index (χ2n) is 4.52. The second kappa shape index (κ2) is 6.11. The number of hydrogen-bond donors (Lipinski definition) is 4. The highest BCUT2D eigenvalue weighted by Crippen LogP contribution is 2.34. The molecule has 0 aromatic heterocycles. The normalized spacial score (nSPS) is 9.96. The summed E-state index contributed by atoms with van der Waals surface area (Å²) < 4.78 is 26.9. The van der Waals surface area contributed by atoms with Crippen LogP contribution >= 0.6 is 0 Å². The van der Waals surface area contributed by atoms with E-state index in [1.165, 1.54) is 6.07 Å². The molecule has 0 fully saturated rings. The number of aromatic hydroxyl groups is 1. The van der Waals surface area contributed by atoms with E-state index >= 15 is 0 Å². The summed E-state index contributed by atoms with van der Waals surface area (Å²) in [6, 6.07) is 6.56. The molecule has 6 nitrogen and oxygen atoms in total. The van der Waals surface area contributed by atoms with Crippen molar-refractivity contribution in [2.24, 2.45) is 5.73 Å². The van der Waals surface area contributed by atoms with Gasteiger partial charge in [0.2, 0.25) is 0 Å². The highest BCUT2D eigenvalue weighted by Gasteiger charge is 2.22. The number of nitriles is 1. The molecule has 0 aliphatic rings. The predicted octanol–water partition coefficient (Wildman–Crippen LogP) is 1.83. The Morgan fingerprint density at radius 1 is 1.26 bits per heavy atom. The number of rotatable bonds is 2. The van der Waals surface area contributed by atoms with Crippen molar-refractivity contribution in [3.8, 4) is 22.9 Å². The molecule has 116 valence electrons. The molecule has 5 N–H and O–H groups in total. The highest BCUT2D eigenvalue weighted by molar-refractivity contribution is 6.10. The van der Waals surface area contributed by atoms with E-state index in [0.717, 1.165) is 18.2 Å². The lowest BCUT2D eigenvalue weighted by molar-refractivity contribution is 0.0974. The van der Waals surface area contributed by atoms with E-state index in [9.17, 15) is 23.9 Å². The second-order valence-corrected chi connectivity index (χ2v) is 4.52. The molecular weight excluding hydrogens is 306 g/mol. The van der Waals surface area contributed by atoms with Gasteiger partial charge in [-0.15, -0.1) is 0 Å². The first-order valence-electron chi connectivity index (χ1n) is 6.21. The Labute approximate surface area is 129 Å². The number of nitrogens with one attached hydrogen (secondary N) is 2. The Kier molecular flexibility index (Phi) is 4.23. The van der Waals surface area contributed by atoms with Crippen LogP contribution in [0.5, 0.6) is 5.75 Å². The average Bonchev–Trinajstić information content (AvgIpc) is 2.44. The monoisotopic (exact) mass is 316 g/mol. The maximum Gasteiger partial charge on any atom is 0.262 e. The first kappa shape index (κ1) is 15.9. The molecule has 0 heterocycles. The van der Waals surface area contributed by atoms with E-state index in [4.69, 9.17) is 11.1 Å². The number of nitrogens with two attached hydrogens (primary N) is 1. The Bertz CT molecular complexity index is 839. The van der Waals surface area contributed by atoms with E-state index in [-0.39, 0.29) is 16.7 Å². The summed E-state index contributed by atoms with van der Waals surface area (Å²) in [6.45, 7) is 0. The summed E-state index contributed by atoms with van der Waals surface area (Å²) in [7, 11) is 0. The summed E-state index contributed by atoms with van der Waals surface area (Å²) in [6.07, 6.45) is 0. The van der Waals surface area contributed by atoms with Crippen LogP contribution in [0.1, 0.15) is 15.9 Å². The maximum atomic E-state index is 13.5. The molecule has 0 aliphatic heterocycles. The summed E-state index contributed by atoms with van der Waals surface area (Å²) in [5, 5.41) is 28.1. The van der Waals surface area contributed by atoms with Crippen LogP contribution in [0.15, 0.2) is 30.3 Å². The Morgan fingerprint density at radius 2 is 1.87 bits per heavy atom. The lowest BCUT2D eigenvalue weighted by Crippen LogP contribution is -2.36. The number of carbonyl (C=O) groups is 1. The Hall–Kier alpha value is -3.47. The fraction of sp³-hybridized carbons (Fsp3) is 0. The van der Waals surface area contributed by atoms with Gasteiger partial charge in [-0.2, -0.15) is 5.26 Å². The number of nitrogens with zero attached hydrogens (tertiary/aromatic N) is 1. The van der Waals surface area contributed by atoms with Gasteiger partial charge in [0.25, 0.3) is 5.91 Å². The summed E-state index contributed by atoms with van der Waals surface area (Å²) >= 11 is 0. The zero-order chi connectivity index (χ0) is 17.1. The molecule has 23 heavy (non-hydrogen) atoms. The van der Waals surface area contributed by atoms with Crippen LogP contribution < -0.4 is 11.1 Å². The van der Waals surface area contributed by atoms with Gasteiger partial charge in [-0.3, -0.25) is 15.5 Å². The number of amides is 1. The fourth-order valence-corrected chi connectivity index (χ4v) is 2.10. The number of phenolic OH excluding ortho intramolecular Hbond substituents is 1. The lowest BCUT2D eigenvalue weighted by Gasteiger charge is -2.13. The third-order valence-corrected chi connectivity index (χ3v) is 2.93. The first-order valence-corrected chi connectivity index (χ1v) is 6.21. The SMILES string of the molecule is N#Cc1ccc(O)c(C(=O)NC(=N)N)c1-c1cc(F)cc(F)c1. The quantitative estimate of drug-likeness (QED) is 0.498. The number of carbonyl (C=O) groups excluding carboxylic acids is 1. The molecule has 0 spiro atoms. The molecule has 2 rings (SSSR count). The van der Waals surface area contributed by atoms with Crippen molar-refractivity contribution in [3.63, 3.8) is 0 Å². The molecule has 2 aromatic carbocycles. The summed E-state index contributed by atoms with van der Waals surface area (Å²) in [4.78, 5) is 12.1. The van der Waals surface area contributed by atoms with Crippen LogP contribution in [-0.2, 0) is 0 Å². The number of guanidine groups is 1. The number of hydrogen-bond acceptors (Lipinski definition) is 4. The van der Waals surface area contributed by atoms with Crippen LogP contribution in [0.4, 0.5) is 8.78 Å². The third kappa shape index (κ3) is 3.24. The van der Waals surface area contributed by atoms with E-state index < -0.39 is 34.8 Å². The first-order chi connectivity index (χ1) is 10.8. The highest BCUT2D eigenvalue weighted by atomic mass is 19.1. The van der Waals surface area contributed by atoms with Gasteiger partial charge >= 0.3 is 0 Å². The minimum Gasteiger partial charge on any atom is -0.507 e. The molecule has 0 saturated heterocycles. The minimum absolute atomic E-state index is 0.0819. The molecule has 0 saturated carbocycles. The van der Waals surface area contributed by atoms with E-state index in [2.05, 4.69) is 0 Å². The Morgan fingerprint density at radius 3 is 2.39 bits per heavy atom. The molecule has 2 aromatic rings. The van der Waals surface area contributed by atoms with Crippen molar-refractivity contribution in [2.45, 2.75) is 0 Å². The molecule has 0 aliphatic carbocycles. The molecule has 1 amide bonds. The third-order valence-electron chi connectivity index (χ3n) is 2.93. The topological polar surface area (TPSA) is 123 Å². The Balaban J connectivity index is 2.79. The zero-order valence-electron chi connectivity index (χ0n) is 11.5. The van der Waals surface area contributed by atoms with Crippen molar-refractivity contribution in [3.05, 3.63) is 53.1 Å². The number of phenols is 1. The molecular formula is C15H10F2N4O2. The number of halogens is 2. The summed E-state index contributed by atoms with van der Waals surface area (Å²) in [5.41, 5.74) is 4.31. The molecule has 0 atom stereocenters. The standard InChI is InChI=1S/C15H10F2N4O2/c16-9-3-8(4-10(17)5-9)12-7(6-18)1-2-11(22)13(12)14(23)21-15(19)20/h1-5,22H,(H4,19,20,21,23). The van der Waals surface area contributed by atoms with Crippen LogP contribution in [0.25, 0.3) is 11.1 Å². The van der Waals surface area contributed by atoms with Crippen LogP contribution in [0.2, 0.25) is 0 Å². The lowest BCUT2D eigenvalue weighted by atomic mass is 9.93. The van der Waals surface area contributed by atoms with E-state index in [1.54, 1.807) is 6.07 Å². The maximum absolute atomic E-state index is 13.5. The number of benzene rings is 2. The largest absolute Gasteiger partial charge is 0.507 e. The van der Waals surface area contributed by atoms with Gasteiger partial charge < -0.3 is 10.8 Å². The minimum atomic E-state index is -0.980. The van der Waals surface area contributed by atoms with Gasteiger partial charge in [-0.1, -0.05) is 0 Å². The van der Waals surface area contributed by atoms with Crippen LogP contribution in [0.3, 0.4) is 0 Å². The van der Waals surface area contributed by atoms with Gasteiger partial charge in [0.15, 0.2) is 5.96 Å². The van der Waals surface area contributed by atoms with Crippen molar-refractivity contribution in [2.75, 3.05) is 0 Å². The van der Waals surface area contributed by atoms with E-state index in [0.29, 0.717) is 6.07 Å². The van der Waals surface area contributed by atoms with Gasteiger partial charge in [-0.05, 0) is 29.8 Å². The molecule has 8 heteroatoms. The van der Waals surface area contributed by atoms with Gasteiger partial charge in [-0.25, -0.2) is 8.78 Å². The fourth-order valence-electron chi connectivity index (χ4n) is 2.10. The van der Waals surface area contributed by atoms with Crippen LogP contribution in [-0.4, -0.2) is 17.0 Å². The predicted molar refractivity (Wildman–Crippen MR) is 77.6 cm³/mol. The van der Waals surface area contributed by atoms with E-state index in [1.807, 2.05) is 5.32 Å². The van der Waals surface area contributed by atoms with Gasteiger partial charge in [0.05, 0.1) is 17.2 Å². The summed E-state index contributed by atoms with van der Waals surface area (Å²) in [5.74, 6) is -4.02. The van der Waals surface area contributed by atoms with Gasteiger partial charge in [0.1, 0.15) is 17.4 Å².